The zero-order chi connectivity index (χ0) is 21.0. The minimum absolute atomic E-state index is 0.00890. The molecule has 1 aromatic heterocycles. The van der Waals surface area contributed by atoms with Crippen LogP contribution in [0.4, 0.5) is 0 Å². The highest BCUT2D eigenvalue weighted by Gasteiger charge is 2.26. The number of ketones is 1. The number of aryl methyl sites for hydroxylation is 1. The highest BCUT2D eigenvalue weighted by Crippen LogP contribution is 2.25. The Morgan fingerprint density at radius 2 is 1.76 bits per heavy atom. The van der Waals surface area contributed by atoms with Crippen LogP contribution in [0.1, 0.15) is 70.6 Å². The van der Waals surface area contributed by atoms with Gasteiger partial charge in [-0.1, -0.05) is 31.2 Å². The monoisotopic (exact) mass is 397 g/mol. The van der Waals surface area contributed by atoms with Crippen LogP contribution in [0, 0.1) is 6.92 Å². The smallest absolute Gasteiger partial charge is 0.339 e. The van der Waals surface area contributed by atoms with Crippen molar-refractivity contribution < 1.29 is 19.5 Å². The van der Waals surface area contributed by atoms with Gasteiger partial charge in [-0.25, -0.2) is 4.79 Å². The second-order valence-electron chi connectivity index (χ2n) is 7.48. The molecule has 2 heterocycles. The SMILES string of the molecule is CCc1ccc(C(=O)CCC(=O)N2CCC(n3ncc(C(=O)O)c3C)CC2)cc1. The summed E-state index contributed by atoms with van der Waals surface area (Å²) >= 11 is 0. The van der Waals surface area contributed by atoms with Crippen LogP contribution in [-0.2, 0) is 11.2 Å². The summed E-state index contributed by atoms with van der Waals surface area (Å²) in [5.41, 5.74) is 2.69. The predicted molar refractivity (Wildman–Crippen MR) is 108 cm³/mol. The van der Waals surface area contributed by atoms with Crippen LogP contribution in [0.2, 0.25) is 0 Å². The summed E-state index contributed by atoms with van der Waals surface area (Å²) in [6.07, 6.45) is 4.18. The molecule has 0 bridgehead atoms. The summed E-state index contributed by atoms with van der Waals surface area (Å²) in [7, 11) is 0. The van der Waals surface area contributed by atoms with Gasteiger partial charge in [-0.15, -0.1) is 0 Å². The standard InChI is InChI=1S/C22H27N3O4/c1-3-16-4-6-17(7-5-16)20(26)8-9-21(27)24-12-10-18(11-13-24)25-15(2)19(14-23-25)22(28)29/h4-7,14,18H,3,8-13H2,1-2H3,(H,28,29). The molecule has 7 heteroatoms. The van der Waals surface area contributed by atoms with E-state index in [4.69, 9.17) is 0 Å². The number of aromatic nitrogens is 2. The number of Topliss-reactive ketones (excluding diaryl/α,β-unsaturated/α-hetero) is 1. The Balaban J connectivity index is 1.49. The Kier molecular flexibility index (Phi) is 6.46. The molecule has 0 radical (unpaired) electrons. The molecule has 1 saturated heterocycles. The molecule has 1 aliphatic rings. The zero-order valence-electron chi connectivity index (χ0n) is 16.9. The number of carbonyl (C=O) groups is 3. The summed E-state index contributed by atoms with van der Waals surface area (Å²) in [4.78, 5) is 37.8. The van der Waals surface area contributed by atoms with E-state index in [1.165, 1.54) is 11.8 Å². The van der Waals surface area contributed by atoms with Crippen molar-refractivity contribution in [3.63, 3.8) is 0 Å². The first kappa shape index (κ1) is 20.8. The molecule has 3 rings (SSSR count). The molecule has 2 aromatic rings. The topological polar surface area (TPSA) is 92.5 Å². The van der Waals surface area contributed by atoms with Gasteiger partial charge in [0.25, 0.3) is 0 Å². The number of amides is 1. The fraction of sp³-hybridized carbons (Fsp3) is 0.455. The normalized spacial score (nSPS) is 14.8. The van der Waals surface area contributed by atoms with Crippen LogP contribution in [0.15, 0.2) is 30.5 Å². The van der Waals surface area contributed by atoms with Gasteiger partial charge in [-0.3, -0.25) is 14.3 Å². The Morgan fingerprint density at radius 1 is 1.10 bits per heavy atom. The zero-order valence-corrected chi connectivity index (χ0v) is 16.9. The maximum atomic E-state index is 12.5. The second-order valence-corrected chi connectivity index (χ2v) is 7.48. The lowest BCUT2D eigenvalue weighted by atomic mass is 10.0. The van der Waals surface area contributed by atoms with Crippen molar-refractivity contribution in [3.05, 3.63) is 52.8 Å². The average Bonchev–Trinajstić information content (AvgIpc) is 3.13. The van der Waals surface area contributed by atoms with E-state index >= 15 is 0 Å². The molecule has 1 aliphatic heterocycles. The van der Waals surface area contributed by atoms with Gasteiger partial charge in [-0.2, -0.15) is 5.10 Å². The quantitative estimate of drug-likeness (QED) is 0.724. The largest absolute Gasteiger partial charge is 0.478 e. The van der Waals surface area contributed by atoms with Crippen LogP contribution >= 0.6 is 0 Å². The molecule has 7 nitrogen and oxygen atoms in total. The number of nitrogens with zero attached hydrogens (tertiary/aromatic N) is 3. The van der Waals surface area contributed by atoms with Gasteiger partial charge in [0.15, 0.2) is 5.78 Å². The van der Waals surface area contributed by atoms with E-state index in [0.29, 0.717) is 24.3 Å². The summed E-state index contributed by atoms with van der Waals surface area (Å²) in [6, 6.07) is 7.65. The third-order valence-electron chi connectivity index (χ3n) is 5.69. The Labute approximate surface area is 170 Å². The fourth-order valence-electron chi connectivity index (χ4n) is 3.81. The number of likely N-dealkylation sites (tertiary alicyclic amines) is 1. The molecule has 0 spiro atoms. The number of rotatable bonds is 7. The van der Waals surface area contributed by atoms with E-state index in [9.17, 15) is 19.5 Å². The molecule has 0 aliphatic carbocycles. The van der Waals surface area contributed by atoms with Gasteiger partial charge in [0.05, 0.1) is 17.9 Å². The first-order valence-corrected chi connectivity index (χ1v) is 10.1. The number of carboxylic acid groups (broad SMARTS) is 1. The van der Waals surface area contributed by atoms with Crippen molar-refractivity contribution in [1.82, 2.24) is 14.7 Å². The van der Waals surface area contributed by atoms with Gasteiger partial charge in [0, 0.05) is 31.5 Å². The Bertz CT molecular complexity index is 893. The van der Waals surface area contributed by atoms with Crippen LogP contribution in [0.5, 0.6) is 0 Å². The molecule has 1 amide bonds. The van der Waals surface area contributed by atoms with Gasteiger partial charge in [0.1, 0.15) is 5.56 Å². The number of aromatic carboxylic acids is 1. The summed E-state index contributed by atoms with van der Waals surface area (Å²) in [5.74, 6) is -0.995. The van der Waals surface area contributed by atoms with Crippen molar-refractivity contribution >= 4 is 17.7 Å². The number of piperidine rings is 1. The average molecular weight is 397 g/mol. The van der Waals surface area contributed by atoms with E-state index in [1.54, 1.807) is 16.5 Å². The maximum Gasteiger partial charge on any atom is 0.339 e. The molecule has 29 heavy (non-hydrogen) atoms. The highest BCUT2D eigenvalue weighted by atomic mass is 16.4. The van der Waals surface area contributed by atoms with Crippen molar-refractivity contribution in [2.45, 2.75) is 52.0 Å². The minimum Gasteiger partial charge on any atom is -0.478 e. The van der Waals surface area contributed by atoms with Crippen molar-refractivity contribution in [2.24, 2.45) is 0 Å². The van der Waals surface area contributed by atoms with Crippen LogP contribution in [-0.4, -0.2) is 50.5 Å². The summed E-state index contributed by atoms with van der Waals surface area (Å²) in [6.45, 7) is 5.00. The van der Waals surface area contributed by atoms with Gasteiger partial charge >= 0.3 is 5.97 Å². The molecule has 0 saturated carbocycles. The van der Waals surface area contributed by atoms with Gasteiger partial charge in [0.2, 0.25) is 5.91 Å². The van der Waals surface area contributed by atoms with Crippen LogP contribution in [0.3, 0.4) is 0 Å². The van der Waals surface area contributed by atoms with Gasteiger partial charge < -0.3 is 10.0 Å². The highest BCUT2D eigenvalue weighted by molar-refractivity contribution is 5.98. The molecule has 1 fully saturated rings. The molecule has 154 valence electrons. The third kappa shape index (κ3) is 4.72. The lowest BCUT2D eigenvalue weighted by molar-refractivity contribution is -0.132. The number of hydrogen-bond acceptors (Lipinski definition) is 4. The lowest BCUT2D eigenvalue weighted by Crippen LogP contribution is -2.39. The molecular formula is C22H27N3O4. The van der Waals surface area contributed by atoms with Crippen LogP contribution < -0.4 is 0 Å². The number of carbonyl (C=O) groups excluding carboxylic acids is 2. The van der Waals surface area contributed by atoms with Crippen LogP contribution in [0.25, 0.3) is 0 Å². The minimum atomic E-state index is -0.977. The van der Waals surface area contributed by atoms with Crippen molar-refractivity contribution in [2.75, 3.05) is 13.1 Å². The van der Waals surface area contributed by atoms with E-state index < -0.39 is 5.97 Å². The first-order chi connectivity index (χ1) is 13.9. The number of carboxylic acids is 1. The first-order valence-electron chi connectivity index (χ1n) is 10.1. The van der Waals surface area contributed by atoms with E-state index in [0.717, 1.165) is 19.3 Å². The molecular weight excluding hydrogens is 370 g/mol. The molecule has 0 atom stereocenters. The summed E-state index contributed by atoms with van der Waals surface area (Å²) in [5, 5.41) is 13.4. The Hall–Kier alpha value is -2.96. The third-order valence-corrected chi connectivity index (χ3v) is 5.69. The predicted octanol–water partition coefficient (Wildman–Crippen LogP) is 3.28. The van der Waals surface area contributed by atoms with Crippen molar-refractivity contribution in [3.8, 4) is 0 Å². The van der Waals surface area contributed by atoms with E-state index in [1.807, 2.05) is 24.3 Å². The number of benzene rings is 1. The molecule has 1 N–H and O–H groups in total. The van der Waals surface area contributed by atoms with E-state index in [2.05, 4.69) is 12.0 Å². The molecule has 0 unspecified atom stereocenters. The van der Waals surface area contributed by atoms with Gasteiger partial charge in [-0.05, 0) is 31.7 Å². The second kappa shape index (κ2) is 9.03. The Morgan fingerprint density at radius 3 is 2.31 bits per heavy atom. The maximum absolute atomic E-state index is 12.5. The lowest BCUT2D eigenvalue weighted by Gasteiger charge is -2.32. The fourth-order valence-corrected chi connectivity index (χ4v) is 3.81. The molecule has 1 aromatic carbocycles. The summed E-state index contributed by atoms with van der Waals surface area (Å²) < 4.78 is 1.76. The van der Waals surface area contributed by atoms with E-state index in [-0.39, 0.29) is 36.1 Å². The number of hydrogen-bond donors (Lipinski definition) is 1. The van der Waals surface area contributed by atoms with Crippen molar-refractivity contribution in [1.29, 1.82) is 0 Å².